The molecule has 2 N–H and O–H groups in total. The Balaban J connectivity index is 3.20. The second kappa shape index (κ2) is 5.77. The molecule has 88 valence electrons. The van der Waals surface area contributed by atoms with Gasteiger partial charge in [-0.15, -0.1) is 0 Å². The first kappa shape index (κ1) is 12.9. The quantitative estimate of drug-likeness (QED) is 0.882. The van der Waals surface area contributed by atoms with Gasteiger partial charge in [-0.25, -0.2) is 0 Å². The average molecular weight is 242 g/mol. The van der Waals surface area contributed by atoms with Crippen molar-refractivity contribution in [1.82, 2.24) is 0 Å². The van der Waals surface area contributed by atoms with E-state index in [1.807, 2.05) is 25.1 Å². The number of halogens is 1. The van der Waals surface area contributed by atoms with Gasteiger partial charge in [0.05, 0.1) is 19.2 Å². The van der Waals surface area contributed by atoms with E-state index in [9.17, 15) is 0 Å². The highest BCUT2D eigenvalue weighted by atomic mass is 35.5. The molecule has 0 saturated heterocycles. The minimum atomic E-state index is 0.520. The molecule has 0 atom stereocenters. The van der Waals surface area contributed by atoms with Crippen LogP contribution < -0.4 is 15.2 Å². The summed E-state index contributed by atoms with van der Waals surface area (Å²) in [6.07, 6.45) is 1.97. The largest absolute Gasteiger partial charge is 0.493 e. The molecular formula is C12H16ClNO2. The molecule has 4 heteroatoms. The summed E-state index contributed by atoms with van der Waals surface area (Å²) in [7, 11) is 3.14. The monoisotopic (exact) mass is 241 g/mol. The summed E-state index contributed by atoms with van der Waals surface area (Å²) in [6, 6.07) is 3.69. The van der Waals surface area contributed by atoms with Gasteiger partial charge in [0.2, 0.25) is 0 Å². The van der Waals surface area contributed by atoms with Crippen LogP contribution in [0.25, 0.3) is 6.08 Å². The zero-order chi connectivity index (χ0) is 12.1. The Kier molecular flexibility index (Phi) is 4.65. The molecule has 0 aliphatic rings. The van der Waals surface area contributed by atoms with Gasteiger partial charge >= 0.3 is 0 Å². The summed E-state index contributed by atoms with van der Waals surface area (Å²) < 4.78 is 10.4. The van der Waals surface area contributed by atoms with Gasteiger partial charge in [0, 0.05) is 6.54 Å². The van der Waals surface area contributed by atoms with Crippen LogP contribution >= 0.6 is 11.6 Å². The van der Waals surface area contributed by atoms with Crippen LogP contribution in [-0.4, -0.2) is 20.8 Å². The van der Waals surface area contributed by atoms with E-state index in [1.165, 1.54) is 0 Å². The Hall–Kier alpha value is -1.19. The summed E-state index contributed by atoms with van der Waals surface area (Å²) in [6.45, 7) is 2.48. The van der Waals surface area contributed by atoms with Crippen LogP contribution in [0.2, 0.25) is 5.02 Å². The second-order valence-electron chi connectivity index (χ2n) is 3.43. The van der Waals surface area contributed by atoms with Crippen molar-refractivity contribution < 1.29 is 9.47 Å². The third kappa shape index (κ3) is 2.90. The molecule has 0 aliphatic heterocycles. The average Bonchev–Trinajstić information content (AvgIpc) is 2.28. The summed E-state index contributed by atoms with van der Waals surface area (Å²) in [5.41, 5.74) is 7.55. The van der Waals surface area contributed by atoms with Gasteiger partial charge in [-0.05, 0) is 24.6 Å². The van der Waals surface area contributed by atoms with Gasteiger partial charge in [0.15, 0.2) is 11.5 Å². The number of nitrogens with two attached hydrogens (primary N) is 1. The molecule has 0 heterocycles. The fraction of sp³-hybridized carbons (Fsp3) is 0.333. The zero-order valence-corrected chi connectivity index (χ0v) is 10.5. The van der Waals surface area contributed by atoms with E-state index in [4.69, 9.17) is 26.8 Å². The third-order valence-electron chi connectivity index (χ3n) is 2.19. The van der Waals surface area contributed by atoms with Crippen LogP contribution in [0.1, 0.15) is 12.5 Å². The maximum Gasteiger partial charge on any atom is 0.179 e. The number of methoxy groups -OCH3 is 2. The summed E-state index contributed by atoms with van der Waals surface area (Å²) in [4.78, 5) is 0. The molecule has 0 fully saturated rings. The van der Waals surface area contributed by atoms with Crippen molar-refractivity contribution in [2.45, 2.75) is 6.92 Å². The van der Waals surface area contributed by atoms with Gasteiger partial charge in [0.1, 0.15) is 0 Å². The molecule has 1 aromatic carbocycles. The highest BCUT2D eigenvalue weighted by Gasteiger charge is 2.09. The first-order valence-corrected chi connectivity index (χ1v) is 5.29. The van der Waals surface area contributed by atoms with Crippen molar-refractivity contribution in [2.24, 2.45) is 5.73 Å². The maximum absolute atomic E-state index is 6.07. The zero-order valence-electron chi connectivity index (χ0n) is 9.71. The highest BCUT2D eigenvalue weighted by molar-refractivity contribution is 6.32. The first-order valence-electron chi connectivity index (χ1n) is 4.91. The van der Waals surface area contributed by atoms with E-state index in [0.29, 0.717) is 23.1 Å². The van der Waals surface area contributed by atoms with E-state index < -0.39 is 0 Å². The van der Waals surface area contributed by atoms with Crippen molar-refractivity contribution in [3.63, 3.8) is 0 Å². The molecule has 1 rings (SSSR count). The second-order valence-corrected chi connectivity index (χ2v) is 3.84. The van der Waals surface area contributed by atoms with E-state index in [-0.39, 0.29) is 0 Å². The Bertz CT molecular complexity index is 402. The van der Waals surface area contributed by atoms with E-state index in [1.54, 1.807) is 14.2 Å². The van der Waals surface area contributed by atoms with Gasteiger partial charge < -0.3 is 15.2 Å². The lowest BCUT2D eigenvalue weighted by Gasteiger charge is -2.10. The van der Waals surface area contributed by atoms with Crippen LogP contribution in [0, 0.1) is 0 Å². The minimum Gasteiger partial charge on any atom is -0.493 e. The summed E-state index contributed by atoms with van der Waals surface area (Å²) in [5, 5.41) is 0.526. The molecule has 0 saturated carbocycles. The Labute approximate surface area is 101 Å². The van der Waals surface area contributed by atoms with E-state index >= 15 is 0 Å². The molecule has 0 aromatic heterocycles. The number of hydrogen-bond acceptors (Lipinski definition) is 3. The van der Waals surface area contributed by atoms with Gasteiger partial charge in [0.25, 0.3) is 0 Å². The van der Waals surface area contributed by atoms with E-state index in [2.05, 4.69) is 0 Å². The standard InChI is InChI=1S/C12H16ClNO2/c1-8(7-14)4-9-5-10(13)12(16-3)11(6-9)15-2/h4-6H,7,14H2,1-3H3. The molecule has 16 heavy (non-hydrogen) atoms. The smallest absolute Gasteiger partial charge is 0.179 e. The molecule has 3 nitrogen and oxygen atoms in total. The molecule has 0 radical (unpaired) electrons. The predicted molar refractivity (Wildman–Crippen MR) is 67.3 cm³/mol. The van der Waals surface area contributed by atoms with Gasteiger partial charge in [-0.3, -0.25) is 0 Å². The molecule has 0 aliphatic carbocycles. The lowest BCUT2D eigenvalue weighted by molar-refractivity contribution is 0.355. The lowest BCUT2D eigenvalue weighted by Crippen LogP contribution is -1.99. The van der Waals surface area contributed by atoms with Crippen molar-refractivity contribution in [1.29, 1.82) is 0 Å². The number of benzene rings is 1. The van der Waals surface area contributed by atoms with Crippen LogP contribution in [0.15, 0.2) is 17.7 Å². The fourth-order valence-corrected chi connectivity index (χ4v) is 1.66. The maximum atomic E-state index is 6.07. The van der Waals surface area contributed by atoms with Crippen LogP contribution in [0.4, 0.5) is 0 Å². The number of ether oxygens (including phenoxy) is 2. The Morgan fingerprint density at radius 3 is 2.56 bits per heavy atom. The summed E-state index contributed by atoms with van der Waals surface area (Å²) >= 11 is 6.07. The van der Waals surface area contributed by atoms with Crippen molar-refractivity contribution >= 4 is 17.7 Å². The SMILES string of the molecule is COc1cc(C=C(C)CN)cc(Cl)c1OC. The third-order valence-corrected chi connectivity index (χ3v) is 2.47. The Morgan fingerprint density at radius 2 is 2.06 bits per heavy atom. The number of hydrogen-bond donors (Lipinski definition) is 1. The van der Waals surface area contributed by atoms with Crippen LogP contribution in [0.3, 0.4) is 0 Å². The van der Waals surface area contributed by atoms with Crippen LogP contribution in [0.5, 0.6) is 11.5 Å². The summed E-state index contributed by atoms with van der Waals surface area (Å²) in [5.74, 6) is 1.16. The molecule has 0 spiro atoms. The highest BCUT2D eigenvalue weighted by Crippen LogP contribution is 2.36. The molecular weight excluding hydrogens is 226 g/mol. The molecule has 0 unspecified atom stereocenters. The molecule has 0 bridgehead atoms. The fourth-order valence-electron chi connectivity index (χ4n) is 1.36. The van der Waals surface area contributed by atoms with Crippen molar-refractivity contribution in [3.05, 3.63) is 28.3 Å². The van der Waals surface area contributed by atoms with Crippen molar-refractivity contribution in [2.75, 3.05) is 20.8 Å². The van der Waals surface area contributed by atoms with Gasteiger partial charge in [-0.2, -0.15) is 0 Å². The molecule has 0 amide bonds. The first-order chi connectivity index (χ1) is 7.62. The van der Waals surface area contributed by atoms with E-state index in [0.717, 1.165) is 11.1 Å². The van der Waals surface area contributed by atoms with Crippen molar-refractivity contribution in [3.8, 4) is 11.5 Å². The topological polar surface area (TPSA) is 44.5 Å². The number of rotatable bonds is 4. The predicted octanol–water partition coefficient (Wildman–Crippen LogP) is 2.72. The lowest BCUT2D eigenvalue weighted by atomic mass is 10.1. The Morgan fingerprint density at radius 1 is 1.38 bits per heavy atom. The van der Waals surface area contributed by atoms with Gasteiger partial charge in [-0.1, -0.05) is 23.3 Å². The minimum absolute atomic E-state index is 0.520. The normalized spacial score (nSPS) is 11.4. The molecule has 1 aromatic rings. The van der Waals surface area contributed by atoms with Crippen LogP contribution in [-0.2, 0) is 0 Å².